The highest BCUT2D eigenvalue weighted by atomic mass is 19.3. The third-order valence-electron chi connectivity index (χ3n) is 13.8. The lowest BCUT2D eigenvalue weighted by Crippen LogP contribution is -2.44. The number of likely N-dealkylation sites (tertiary alicyclic amines) is 1. The first-order chi connectivity index (χ1) is 37.2. The van der Waals surface area contributed by atoms with Crippen LogP contribution in [0.3, 0.4) is 0 Å². The van der Waals surface area contributed by atoms with Gasteiger partial charge >= 0.3 is 41.9 Å². The van der Waals surface area contributed by atoms with Crippen LogP contribution < -0.4 is 5.32 Å². The molecular formula is C59H98F2N2O14. The zero-order chi connectivity index (χ0) is 56.3. The minimum absolute atomic E-state index is 0.0941. The third-order valence-corrected chi connectivity index (χ3v) is 13.8. The Morgan fingerprint density at radius 2 is 0.987 bits per heavy atom. The van der Waals surface area contributed by atoms with E-state index in [1.165, 1.54) is 12.8 Å². The molecule has 1 aliphatic carbocycles. The SMILES string of the molecule is CCCCC/C=C\CCOC(=O)CCCCC(=O)OCC(COC(=O)CCCCC(=O)OCC/C=C\CCCCC)(COC(=O)CCC(CCCCCC)OC(=O)NCCN1CCCC1)COC(=O)C1CCC(F)(F)CC1. The highest BCUT2D eigenvalue weighted by Gasteiger charge is 2.41. The van der Waals surface area contributed by atoms with Gasteiger partial charge in [-0.2, -0.15) is 0 Å². The van der Waals surface area contributed by atoms with E-state index in [0.29, 0.717) is 45.2 Å². The fourth-order valence-electron chi connectivity index (χ4n) is 8.84. The summed E-state index contributed by atoms with van der Waals surface area (Å²) in [7, 11) is 0. The molecule has 442 valence electrons. The molecule has 0 aromatic rings. The number of rotatable bonds is 45. The first-order valence-corrected chi connectivity index (χ1v) is 29.5. The second-order valence-corrected chi connectivity index (χ2v) is 21.0. The predicted molar refractivity (Wildman–Crippen MR) is 290 cm³/mol. The topological polar surface area (TPSA) is 199 Å². The van der Waals surface area contributed by atoms with E-state index in [9.17, 15) is 42.3 Å². The van der Waals surface area contributed by atoms with Gasteiger partial charge in [0.2, 0.25) is 5.92 Å². The molecular weight excluding hydrogens is 999 g/mol. The first-order valence-electron chi connectivity index (χ1n) is 29.5. The smallest absolute Gasteiger partial charge is 0.407 e. The van der Waals surface area contributed by atoms with E-state index in [0.717, 1.165) is 90.1 Å². The maximum Gasteiger partial charge on any atom is 0.407 e. The van der Waals surface area contributed by atoms with E-state index in [4.69, 9.17) is 33.2 Å². The van der Waals surface area contributed by atoms with E-state index < -0.39 is 92.6 Å². The molecule has 18 heteroatoms. The number of esters is 6. The Balaban J connectivity index is 2.16. The standard InChI is InChI=1S/C59H98F2N2O14/c1-4-7-10-13-15-17-26-43-71-51(64)29-20-22-31-53(66)73-45-58(48-76-56(69)49-35-37-59(60,61)38-36-49,46-74-54(67)32-23-21-30-52(65)72-44-27-18-16-14-11-8-5-2)47-75-55(68)34-33-50(28-19-12-9-6-3)77-57(70)62-39-42-63-40-24-25-41-63/h15-18,49-50H,4-14,19-48H2,1-3H3,(H,62,70)/b17-15-,18-16-. The van der Waals surface area contributed by atoms with Crippen LogP contribution in [0.15, 0.2) is 24.3 Å². The van der Waals surface area contributed by atoms with Crippen LogP contribution in [0.2, 0.25) is 0 Å². The van der Waals surface area contributed by atoms with Crippen LogP contribution in [0.25, 0.3) is 0 Å². The van der Waals surface area contributed by atoms with Crippen molar-refractivity contribution in [3.05, 3.63) is 24.3 Å². The number of ether oxygens (including phenoxy) is 7. The van der Waals surface area contributed by atoms with Gasteiger partial charge in [-0.25, -0.2) is 13.6 Å². The Morgan fingerprint density at radius 3 is 1.48 bits per heavy atom. The van der Waals surface area contributed by atoms with E-state index in [-0.39, 0.29) is 89.4 Å². The quantitative estimate of drug-likeness (QED) is 0.0261. The molecule has 0 aromatic carbocycles. The van der Waals surface area contributed by atoms with E-state index in [1.807, 2.05) is 12.2 Å². The molecule has 0 spiro atoms. The van der Waals surface area contributed by atoms with E-state index in [1.54, 1.807) is 0 Å². The number of nitrogens with zero attached hydrogens (tertiary/aromatic N) is 1. The molecule has 1 unspecified atom stereocenters. The number of hydrogen-bond donors (Lipinski definition) is 1. The van der Waals surface area contributed by atoms with Crippen molar-refractivity contribution in [1.29, 1.82) is 0 Å². The van der Waals surface area contributed by atoms with Gasteiger partial charge in [-0.3, -0.25) is 28.8 Å². The summed E-state index contributed by atoms with van der Waals surface area (Å²) >= 11 is 0. The summed E-state index contributed by atoms with van der Waals surface area (Å²) in [5.41, 5.74) is -1.64. The predicted octanol–water partition coefficient (Wildman–Crippen LogP) is 12.2. The molecule has 1 saturated carbocycles. The summed E-state index contributed by atoms with van der Waals surface area (Å²) in [5.74, 6) is -7.31. The molecule has 1 saturated heterocycles. The van der Waals surface area contributed by atoms with Crippen LogP contribution in [0.4, 0.5) is 13.6 Å². The molecule has 0 radical (unpaired) electrons. The summed E-state index contributed by atoms with van der Waals surface area (Å²) < 4.78 is 67.5. The molecule has 0 bridgehead atoms. The van der Waals surface area contributed by atoms with Crippen molar-refractivity contribution in [2.75, 3.05) is 65.8 Å². The van der Waals surface area contributed by atoms with Gasteiger partial charge in [-0.15, -0.1) is 0 Å². The van der Waals surface area contributed by atoms with Crippen molar-refractivity contribution >= 4 is 41.9 Å². The van der Waals surface area contributed by atoms with Gasteiger partial charge in [0.15, 0.2) is 0 Å². The normalized spacial score (nSPS) is 15.3. The Morgan fingerprint density at radius 1 is 0.545 bits per heavy atom. The Bertz CT molecular complexity index is 1650. The number of nitrogens with one attached hydrogen (secondary N) is 1. The number of halogens is 2. The number of amides is 1. The van der Waals surface area contributed by atoms with Crippen LogP contribution in [0.5, 0.6) is 0 Å². The zero-order valence-electron chi connectivity index (χ0n) is 47.4. The first kappa shape index (κ1) is 68.5. The summed E-state index contributed by atoms with van der Waals surface area (Å²) in [6, 6.07) is 0. The maximum atomic E-state index is 14.1. The number of alkyl halides is 2. The van der Waals surface area contributed by atoms with Crippen molar-refractivity contribution < 1.29 is 75.5 Å². The number of allylic oxidation sites excluding steroid dienone is 2. The van der Waals surface area contributed by atoms with Gasteiger partial charge in [0.05, 0.1) is 19.1 Å². The van der Waals surface area contributed by atoms with Crippen LogP contribution in [-0.2, 0) is 61.9 Å². The van der Waals surface area contributed by atoms with Gasteiger partial charge in [-0.1, -0.05) is 90.0 Å². The lowest BCUT2D eigenvalue weighted by Gasteiger charge is -2.33. The number of unbranched alkanes of at least 4 members (excludes halogenated alkanes) is 11. The number of hydrogen-bond acceptors (Lipinski definition) is 15. The van der Waals surface area contributed by atoms with Crippen LogP contribution in [-0.4, -0.2) is 125 Å². The van der Waals surface area contributed by atoms with Crippen LogP contribution >= 0.6 is 0 Å². The third kappa shape index (κ3) is 36.2. The molecule has 77 heavy (non-hydrogen) atoms. The second-order valence-electron chi connectivity index (χ2n) is 21.0. The fourth-order valence-corrected chi connectivity index (χ4v) is 8.84. The van der Waals surface area contributed by atoms with Gasteiger partial charge in [0.25, 0.3) is 0 Å². The number of carbonyl (C=O) groups is 7. The van der Waals surface area contributed by atoms with Gasteiger partial charge in [0, 0.05) is 58.0 Å². The highest BCUT2D eigenvalue weighted by molar-refractivity contribution is 5.73. The summed E-state index contributed by atoms with van der Waals surface area (Å²) in [5, 5.41) is 2.82. The summed E-state index contributed by atoms with van der Waals surface area (Å²) in [4.78, 5) is 93.4. The largest absolute Gasteiger partial charge is 0.465 e. The monoisotopic (exact) mass is 1100 g/mol. The minimum Gasteiger partial charge on any atom is -0.465 e. The van der Waals surface area contributed by atoms with E-state index in [2.05, 4.69) is 43.1 Å². The van der Waals surface area contributed by atoms with Crippen molar-refractivity contribution in [3.8, 4) is 0 Å². The van der Waals surface area contributed by atoms with Gasteiger partial charge in [-0.05, 0) is 122 Å². The summed E-state index contributed by atoms with van der Waals surface area (Å²) in [6.07, 6.45) is 23.6. The van der Waals surface area contributed by atoms with Crippen molar-refractivity contribution in [2.45, 2.75) is 232 Å². The molecule has 16 nitrogen and oxygen atoms in total. The van der Waals surface area contributed by atoms with E-state index >= 15 is 0 Å². The Hall–Kier alpha value is -4.61. The molecule has 2 fully saturated rings. The number of alkyl carbamates (subject to hydrolysis) is 1. The highest BCUT2D eigenvalue weighted by Crippen LogP contribution is 2.37. The lowest BCUT2D eigenvalue weighted by atomic mass is 9.86. The lowest BCUT2D eigenvalue weighted by molar-refractivity contribution is -0.174. The molecule has 1 amide bonds. The van der Waals surface area contributed by atoms with Crippen molar-refractivity contribution in [2.24, 2.45) is 11.3 Å². The average Bonchev–Trinajstić information content (AvgIpc) is 3.94. The Kier molecular flexibility index (Phi) is 38.5. The molecule has 0 aromatic heterocycles. The average molecular weight is 1100 g/mol. The van der Waals surface area contributed by atoms with Crippen molar-refractivity contribution in [3.63, 3.8) is 0 Å². The molecule has 1 heterocycles. The minimum atomic E-state index is -2.90. The maximum absolute atomic E-state index is 14.1. The van der Waals surface area contributed by atoms with Gasteiger partial charge in [0.1, 0.15) is 37.9 Å². The molecule has 2 aliphatic rings. The molecule has 1 N–H and O–H groups in total. The zero-order valence-corrected chi connectivity index (χ0v) is 47.4. The fraction of sp³-hybridized carbons (Fsp3) is 0.814. The molecule has 1 atom stereocenters. The van der Waals surface area contributed by atoms with Gasteiger partial charge < -0.3 is 43.4 Å². The second kappa shape index (κ2) is 43.3. The van der Waals surface area contributed by atoms with Crippen LogP contribution in [0.1, 0.15) is 220 Å². The van der Waals surface area contributed by atoms with Crippen LogP contribution in [0, 0.1) is 11.3 Å². The number of carbonyl (C=O) groups excluding carboxylic acids is 7. The van der Waals surface area contributed by atoms with Crippen molar-refractivity contribution in [1.82, 2.24) is 10.2 Å². The summed E-state index contributed by atoms with van der Waals surface area (Å²) in [6.45, 7) is 7.86. The molecule has 2 rings (SSSR count). The Labute approximate surface area is 459 Å². The molecule has 1 aliphatic heterocycles.